The van der Waals surface area contributed by atoms with Crippen LogP contribution < -0.4 is 20.2 Å². The van der Waals surface area contributed by atoms with Crippen molar-refractivity contribution >= 4 is 45.2 Å². The molecular formula is C15H12BrN3O2S. The van der Waals surface area contributed by atoms with Crippen LogP contribution in [-0.4, -0.2) is 18.1 Å². The van der Waals surface area contributed by atoms with E-state index in [1.54, 1.807) is 6.21 Å². The van der Waals surface area contributed by atoms with E-state index in [1.165, 1.54) is 0 Å². The normalized spacial score (nSPS) is 12.4. The van der Waals surface area contributed by atoms with Crippen molar-refractivity contribution in [1.29, 1.82) is 0 Å². The number of nitrogens with one attached hydrogen (secondary N) is 2. The van der Waals surface area contributed by atoms with Gasteiger partial charge in [0.15, 0.2) is 16.6 Å². The molecule has 0 amide bonds. The van der Waals surface area contributed by atoms with Crippen LogP contribution in [0.4, 0.5) is 5.69 Å². The average molecular weight is 378 g/mol. The first-order valence-corrected chi connectivity index (χ1v) is 7.67. The van der Waals surface area contributed by atoms with Crippen molar-refractivity contribution in [3.8, 4) is 11.5 Å². The fraction of sp³-hybridized carbons (Fsp3) is 0.0667. The molecule has 0 unspecified atom stereocenters. The molecule has 22 heavy (non-hydrogen) atoms. The second-order valence-corrected chi connectivity index (χ2v) is 5.68. The third-order valence-electron chi connectivity index (χ3n) is 2.89. The lowest BCUT2D eigenvalue weighted by Gasteiger charge is -2.06. The van der Waals surface area contributed by atoms with E-state index in [0.29, 0.717) is 10.9 Å². The minimum atomic E-state index is 0.242. The minimum Gasteiger partial charge on any atom is -0.454 e. The van der Waals surface area contributed by atoms with Crippen LogP contribution in [-0.2, 0) is 0 Å². The molecule has 3 rings (SSSR count). The Morgan fingerprint density at radius 1 is 1.18 bits per heavy atom. The molecule has 0 fully saturated rings. The van der Waals surface area contributed by atoms with Gasteiger partial charge in [-0.1, -0.05) is 18.2 Å². The Labute approximate surface area is 141 Å². The van der Waals surface area contributed by atoms with E-state index >= 15 is 0 Å². The predicted molar refractivity (Wildman–Crippen MR) is 93.7 cm³/mol. The summed E-state index contributed by atoms with van der Waals surface area (Å²) in [6.45, 7) is 0.242. The van der Waals surface area contributed by atoms with Gasteiger partial charge in [-0.3, -0.25) is 5.43 Å². The maximum absolute atomic E-state index is 5.34. The highest BCUT2D eigenvalue weighted by Gasteiger charge is 2.15. The Bertz CT molecular complexity index is 722. The first-order valence-electron chi connectivity index (χ1n) is 6.46. The summed E-state index contributed by atoms with van der Waals surface area (Å²) in [4.78, 5) is 0. The smallest absolute Gasteiger partial charge is 0.231 e. The van der Waals surface area contributed by atoms with Gasteiger partial charge in [-0.25, -0.2) is 0 Å². The van der Waals surface area contributed by atoms with Crippen molar-refractivity contribution in [2.75, 3.05) is 12.1 Å². The number of thiocarbonyl (C=S) groups is 1. The summed E-state index contributed by atoms with van der Waals surface area (Å²) in [6, 6.07) is 13.3. The number of fused-ring (bicyclic) bond motifs is 1. The molecule has 112 valence electrons. The third-order valence-corrected chi connectivity index (χ3v) is 3.77. The fourth-order valence-electron chi connectivity index (χ4n) is 1.87. The lowest BCUT2D eigenvalue weighted by molar-refractivity contribution is 0.174. The number of hydrazone groups is 1. The molecule has 1 aliphatic rings. The fourth-order valence-corrected chi connectivity index (χ4v) is 2.47. The highest BCUT2D eigenvalue weighted by atomic mass is 79.9. The molecule has 1 aliphatic heterocycles. The number of para-hydroxylation sites is 1. The Kier molecular flexibility index (Phi) is 4.55. The molecule has 0 spiro atoms. The summed E-state index contributed by atoms with van der Waals surface area (Å²) in [7, 11) is 0. The average Bonchev–Trinajstić information content (AvgIpc) is 2.95. The zero-order chi connectivity index (χ0) is 15.4. The third kappa shape index (κ3) is 3.55. The molecule has 0 saturated heterocycles. The molecular weight excluding hydrogens is 366 g/mol. The highest BCUT2D eigenvalue weighted by molar-refractivity contribution is 9.10. The summed E-state index contributed by atoms with van der Waals surface area (Å²) in [6.07, 6.45) is 1.66. The van der Waals surface area contributed by atoms with Crippen LogP contribution in [0.5, 0.6) is 11.5 Å². The molecule has 0 radical (unpaired) electrons. The van der Waals surface area contributed by atoms with Crippen LogP contribution in [0.3, 0.4) is 0 Å². The van der Waals surface area contributed by atoms with Crippen LogP contribution in [0.25, 0.3) is 0 Å². The standard InChI is InChI=1S/C15H12BrN3O2S/c16-12-7-14-13(20-9-21-14)6-10(12)8-17-19-15(22)18-11-4-2-1-3-5-11/h1-8H,9H2,(H2,18,19,22)/b17-8-. The number of hydrogen-bond acceptors (Lipinski definition) is 4. The molecule has 2 N–H and O–H groups in total. The first kappa shape index (κ1) is 14.8. The molecule has 1 heterocycles. The summed E-state index contributed by atoms with van der Waals surface area (Å²) in [5.41, 5.74) is 4.53. The van der Waals surface area contributed by atoms with Gasteiger partial charge in [0.2, 0.25) is 6.79 Å². The lowest BCUT2D eigenvalue weighted by atomic mass is 10.2. The molecule has 2 aromatic rings. The Balaban J connectivity index is 1.61. The van der Waals surface area contributed by atoms with E-state index in [-0.39, 0.29) is 6.79 Å². The summed E-state index contributed by atoms with van der Waals surface area (Å²) in [5.74, 6) is 1.42. The SMILES string of the molecule is S=C(N/N=C\c1cc2c(cc1Br)OCO2)Nc1ccccc1. The second kappa shape index (κ2) is 6.76. The van der Waals surface area contributed by atoms with Gasteiger partial charge in [0.25, 0.3) is 0 Å². The van der Waals surface area contributed by atoms with Crippen molar-refractivity contribution < 1.29 is 9.47 Å². The van der Waals surface area contributed by atoms with Gasteiger partial charge in [-0.05, 0) is 52.4 Å². The van der Waals surface area contributed by atoms with Gasteiger partial charge in [-0.15, -0.1) is 0 Å². The first-order chi connectivity index (χ1) is 10.7. The van der Waals surface area contributed by atoms with E-state index in [9.17, 15) is 0 Å². The van der Waals surface area contributed by atoms with Gasteiger partial charge < -0.3 is 14.8 Å². The highest BCUT2D eigenvalue weighted by Crippen LogP contribution is 2.36. The van der Waals surface area contributed by atoms with Gasteiger partial charge in [-0.2, -0.15) is 5.10 Å². The number of rotatable bonds is 3. The Morgan fingerprint density at radius 2 is 1.91 bits per heavy atom. The zero-order valence-corrected chi connectivity index (χ0v) is 13.8. The maximum Gasteiger partial charge on any atom is 0.231 e. The summed E-state index contributed by atoms with van der Waals surface area (Å²) in [5, 5.41) is 7.57. The number of benzene rings is 2. The van der Waals surface area contributed by atoms with Crippen LogP contribution in [0, 0.1) is 0 Å². The van der Waals surface area contributed by atoms with Gasteiger partial charge in [0, 0.05) is 15.7 Å². The van der Waals surface area contributed by atoms with E-state index in [0.717, 1.165) is 21.5 Å². The van der Waals surface area contributed by atoms with Crippen LogP contribution in [0.2, 0.25) is 0 Å². The molecule has 7 heteroatoms. The van der Waals surface area contributed by atoms with Crippen molar-refractivity contribution in [3.05, 3.63) is 52.5 Å². The Morgan fingerprint density at radius 3 is 2.68 bits per heavy atom. The molecule has 0 atom stereocenters. The van der Waals surface area contributed by atoms with Gasteiger partial charge in [0.05, 0.1) is 6.21 Å². The zero-order valence-electron chi connectivity index (χ0n) is 11.4. The monoisotopic (exact) mass is 377 g/mol. The predicted octanol–water partition coefficient (Wildman–Crippen LogP) is 3.50. The van der Waals surface area contributed by atoms with E-state index in [2.05, 4.69) is 31.8 Å². The second-order valence-electron chi connectivity index (χ2n) is 4.42. The van der Waals surface area contributed by atoms with E-state index in [4.69, 9.17) is 21.7 Å². The van der Waals surface area contributed by atoms with E-state index in [1.807, 2.05) is 42.5 Å². The van der Waals surface area contributed by atoms with Crippen molar-refractivity contribution in [2.45, 2.75) is 0 Å². The quantitative estimate of drug-likeness (QED) is 0.487. The number of hydrogen-bond donors (Lipinski definition) is 2. The molecule has 0 saturated carbocycles. The van der Waals surface area contributed by atoms with Crippen LogP contribution in [0.15, 0.2) is 52.0 Å². The number of nitrogens with zero attached hydrogens (tertiary/aromatic N) is 1. The van der Waals surface area contributed by atoms with E-state index < -0.39 is 0 Å². The van der Waals surface area contributed by atoms with Crippen LogP contribution >= 0.6 is 28.1 Å². The number of halogens is 1. The van der Waals surface area contributed by atoms with Crippen molar-refractivity contribution in [1.82, 2.24) is 5.43 Å². The largest absolute Gasteiger partial charge is 0.454 e. The Hall–Kier alpha value is -2.12. The van der Waals surface area contributed by atoms with Gasteiger partial charge >= 0.3 is 0 Å². The molecule has 0 bridgehead atoms. The minimum absolute atomic E-state index is 0.242. The summed E-state index contributed by atoms with van der Waals surface area (Å²) >= 11 is 8.64. The summed E-state index contributed by atoms with van der Waals surface area (Å²) < 4.78 is 11.5. The maximum atomic E-state index is 5.34. The van der Waals surface area contributed by atoms with Crippen molar-refractivity contribution in [3.63, 3.8) is 0 Å². The van der Waals surface area contributed by atoms with Gasteiger partial charge in [0.1, 0.15) is 0 Å². The molecule has 0 aromatic heterocycles. The molecule has 2 aromatic carbocycles. The number of ether oxygens (including phenoxy) is 2. The molecule has 5 nitrogen and oxygen atoms in total. The van der Waals surface area contributed by atoms with Crippen molar-refractivity contribution in [2.24, 2.45) is 5.10 Å². The molecule has 0 aliphatic carbocycles. The number of anilines is 1. The lowest BCUT2D eigenvalue weighted by Crippen LogP contribution is -2.23. The topological polar surface area (TPSA) is 54.9 Å². The van der Waals surface area contributed by atoms with Crippen LogP contribution in [0.1, 0.15) is 5.56 Å².